The SMILES string of the molecule is CC(C)C(N)CNc1cc(=O)[nH]c(C2CC2)n1. The second-order valence-electron chi connectivity index (χ2n) is 5.08. The number of aromatic amines is 1. The Kier molecular flexibility index (Phi) is 3.47. The molecule has 4 N–H and O–H groups in total. The summed E-state index contributed by atoms with van der Waals surface area (Å²) in [5.41, 5.74) is 5.84. The highest BCUT2D eigenvalue weighted by Gasteiger charge is 2.26. The van der Waals surface area contributed by atoms with Crippen LogP contribution in [0.25, 0.3) is 0 Å². The summed E-state index contributed by atoms with van der Waals surface area (Å²) in [5, 5.41) is 3.13. The molecule has 5 heteroatoms. The Hall–Kier alpha value is -1.36. The summed E-state index contributed by atoms with van der Waals surface area (Å²) < 4.78 is 0. The molecule has 5 nitrogen and oxygen atoms in total. The quantitative estimate of drug-likeness (QED) is 0.713. The van der Waals surface area contributed by atoms with Gasteiger partial charge in [0.1, 0.15) is 11.6 Å². The van der Waals surface area contributed by atoms with Crippen LogP contribution in [0.1, 0.15) is 38.4 Å². The van der Waals surface area contributed by atoms with Crippen LogP contribution in [0.15, 0.2) is 10.9 Å². The van der Waals surface area contributed by atoms with Crippen molar-refractivity contribution in [3.05, 3.63) is 22.2 Å². The third kappa shape index (κ3) is 3.30. The van der Waals surface area contributed by atoms with E-state index in [2.05, 4.69) is 29.1 Å². The van der Waals surface area contributed by atoms with E-state index in [1.54, 1.807) is 0 Å². The van der Waals surface area contributed by atoms with Crippen molar-refractivity contribution in [3.63, 3.8) is 0 Å². The van der Waals surface area contributed by atoms with Crippen LogP contribution in [0.3, 0.4) is 0 Å². The van der Waals surface area contributed by atoms with Crippen molar-refractivity contribution in [1.82, 2.24) is 9.97 Å². The second-order valence-corrected chi connectivity index (χ2v) is 5.08. The molecule has 1 aliphatic rings. The van der Waals surface area contributed by atoms with Crippen molar-refractivity contribution in [2.75, 3.05) is 11.9 Å². The van der Waals surface area contributed by atoms with Crippen LogP contribution in [-0.4, -0.2) is 22.6 Å². The largest absolute Gasteiger partial charge is 0.368 e. The first kappa shape index (κ1) is 12.1. The maximum absolute atomic E-state index is 11.5. The van der Waals surface area contributed by atoms with E-state index < -0.39 is 0 Å². The van der Waals surface area contributed by atoms with Crippen molar-refractivity contribution in [1.29, 1.82) is 0 Å². The monoisotopic (exact) mass is 236 g/mol. The molecule has 1 aromatic heterocycles. The number of nitrogens with one attached hydrogen (secondary N) is 2. The summed E-state index contributed by atoms with van der Waals surface area (Å²) in [5.74, 6) is 2.29. The fourth-order valence-electron chi connectivity index (χ4n) is 1.58. The van der Waals surface area contributed by atoms with Crippen LogP contribution in [-0.2, 0) is 0 Å². The van der Waals surface area contributed by atoms with E-state index >= 15 is 0 Å². The molecule has 1 aliphatic carbocycles. The molecular weight excluding hydrogens is 216 g/mol. The van der Waals surface area contributed by atoms with Crippen LogP contribution >= 0.6 is 0 Å². The zero-order valence-corrected chi connectivity index (χ0v) is 10.4. The standard InChI is InChI=1S/C12H20N4O/c1-7(2)9(13)6-14-10-5-11(17)16-12(15-10)8-3-4-8/h5,7-9H,3-4,6,13H2,1-2H3,(H2,14,15,16,17). The number of aromatic nitrogens is 2. The number of anilines is 1. The summed E-state index contributed by atoms with van der Waals surface area (Å²) in [7, 11) is 0. The van der Waals surface area contributed by atoms with Crippen LogP contribution in [0.2, 0.25) is 0 Å². The summed E-state index contributed by atoms with van der Waals surface area (Å²) >= 11 is 0. The van der Waals surface area contributed by atoms with Crippen molar-refractivity contribution in [3.8, 4) is 0 Å². The minimum atomic E-state index is -0.0949. The van der Waals surface area contributed by atoms with Gasteiger partial charge < -0.3 is 16.0 Å². The average molecular weight is 236 g/mol. The molecule has 94 valence electrons. The minimum Gasteiger partial charge on any atom is -0.368 e. The minimum absolute atomic E-state index is 0.0699. The Labute approximate surface area is 101 Å². The first-order valence-corrected chi connectivity index (χ1v) is 6.17. The average Bonchev–Trinajstić information content (AvgIpc) is 3.08. The van der Waals surface area contributed by atoms with Gasteiger partial charge in [0.15, 0.2) is 0 Å². The molecule has 1 saturated carbocycles. The lowest BCUT2D eigenvalue weighted by Crippen LogP contribution is -2.34. The van der Waals surface area contributed by atoms with Crippen LogP contribution in [0, 0.1) is 5.92 Å². The van der Waals surface area contributed by atoms with Gasteiger partial charge in [-0.1, -0.05) is 13.8 Å². The van der Waals surface area contributed by atoms with Gasteiger partial charge >= 0.3 is 0 Å². The summed E-state index contributed by atoms with van der Waals surface area (Å²) in [6.07, 6.45) is 2.25. The third-order valence-electron chi connectivity index (χ3n) is 3.10. The number of nitrogens with zero attached hydrogens (tertiary/aromatic N) is 1. The van der Waals surface area contributed by atoms with E-state index in [-0.39, 0.29) is 11.6 Å². The molecule has 0 spiro atoms. The van der Waals surface area contributed by atoms with Gasteiger partial charge in [-0.2, -0.15) is 0 Å². The molecule has 1 aromatic rings. The summed E-state index contributed by atoms with van der Waals surface area (Å²) in [6, 6.07) is 1.55. The van der Waals surface area contributed by atoms with Gasteiger partial charge in [-0.3, -0.25) is 4.79 Å². The van der Waals surface area contributed by atoms with E-state index in [1.807, 2.05) is 0 Å². The van der Waals surface area contributed by atoms with E-state index in [1.165, 1.54) is 6.07 Å². The molecule has 0 saturated heterocycles. The van der Waals surface area contributed by atoms with Crippen molar-refractivity contribution in [2.24, 2.45) is 11.7 Å². The van der Waals surface area contributed by atoms with Crippen molar-refractivity contribution in [2.45, 2.75) is 38.6 Å². The maximum Gasteiger partial charge on any atom is 0.252 e. The van der Waals surface area contributed by atoms with Crippen LogP contribution < -0.4 is 16.6 Å². The first-order chi connectivity index (χ1) is 8.06. The molecule has 2 rings (SSSR count). The molecule has 1 atom stereocenters. The predicted octanol–water partition coefficient (Wildman–Crippen LogP) is 1.04. The summed E-state index contributed by atoms with van der Waals surface area (Å²) in [4.78, 5) is 18.6. The van der Waals surface area contributed by atoms with Gasteiger partial charge in [0, 0.05) is 24.6 Å². The first-order valence-electron chi connectivity index (χ1n) is 6.17. The molecule has 1 heterocycles. The highest BCUT2D eigenvalue weighted by atomic mass is 16.1. The molecule has 1 unspecified atom stereocenters. The van der Waals surface area contributed by atoms with E-state index in [4.69, 9.17) is 5.73 Å². The predicted molar refractivity (Wildman–Crippen MR) is 68.1 cm³/mol. The zero-order valence-electron chi connectivity index (χ0n) is 10.4. The number of hydrogen-bond donors (Lipinski definition) is 3. The second kappa shape index (κ2) is 4.87. The number of rotatable bonds is 5. The van der Waals surface area contributed by atoms with Gasteiger partial charge in [-0.15, -0.1) is 0 Å². The number of nitrogens with two attached hydrogens (primary N) is 1. The van der Waals surface area contributed by atoms with Gasteiger partial charge in [0.05, 0.1) is 0 Å². The van der Waals surface area contributed by atoms with Gasteiger partial charge in [0.25, 0.3) is 5.56 Å². The lowest BCUT2D eigenvalue weighted by Gasteiger charge is -2.16. The Morgan fingerprint density at radius 3 is 2.88 bits per heavy atom. The van der Waals surface area contributed by atoms with E-state index in [9.17, 15) is 4.79 Å². The third-order valence-corrected chi connectivity index (χ3v) is 3.10. The lowest BCUT2D eigenvalue weighted by molar-refractivity contribution is 0.511. The topological polar surface area (TPSA) is 83.8 Å². The van der Waals surface area contributed by atoms with Gasteiger partial charge in [-0.25, -0.2) is 4.98 Å². The Balaban J connectivity index is 2.02. The smallest absolute Gasteiger partial charge is 0.252 e. The molecular formula is C12H20N4O. The summed E-state index contributed by atoms with van der Waals surface area (Å²) in [6.45, 7) is 4.79. The molecule has 0 bridgehead atoms. The molecule has 0 radical (unpaired) electrons. The van der Waals surface area contributed by atoms with Crippen LogP contribution in [0.4, 0.5) is 5.82 Å². The Morgan fingerprint density at radius 1 is 1.59 bits per heavy atom. The molecule has 0 aromatic carbocycles. The molecule has 17 heavy (non-hydrogen) atoms. The highest BCUT2D eigenvalue weighted by Crippen LogP contribution is 2.37. The fourth-order valence-corrected chi connectivity index (χ4v) is 1.58. The Morgan fingerprint density at radius 2 is 2.29 bits per heavy atom. The van der Waals surface area contributed by atoms with E-state index in [0.717, 1.165) is 18.7 Å². The van der Waals surface area contributed by atoms with E-state index in [0.29, 0.717) is 24.2 Å². The fraction of sp³-hybridized carbons (Fsp3) is 0.667. The van der Waals surface area contributed by atoms with Crippen LogP contribution in [0.5, 0.6) is 0 Å². The normalized spacial score (nSPS) is 17.2. The Bertz CT molecular complexity index is 436. The van der Waals surface area contributed by atoms with Gasteiger partial charge in [-0.05, 0) is 18.8 Å². The lowest BCUT2D eigenvalue weighted by atomic mass is 10.1. The van der Waals surface area contributed by atoms with Crippen molar-refractivity contribution >= 4 is 5.82 Å². The number of H-pyrrole nitrogens is 1. The number of hydrogen-bond acceptors (Lipinski definition) is 4. The maximum atomic E-state index is 11.5. The highest BCUT2D eigenvalue weighted by molar-refractivity contribution is 5.34. The zero-order chi connectivity index (χ0) is 12.4. The van der Waals surface area contributed by atoms with Gasteiger partial charge in [0.2, 0.25) is 0 Å². The van der Waals surface area contributed by atoms with Crippen molar-refractivity contribution < 1.29 is 0 Å². The molecule has 0 amide bonds. The molecule has 1 fully saturated rings. The molecule has 0 aliphatic heterocycles.